The van der Waals surface area contributed by atoms with Gasteiger partial charge in [0.25, 0.3) is 0 Å². The minimum absolute atomic E-state index is 0.203. The molecule has 1 fully saturated rings. The molecule has 0 heterocycles. The van der Waals surface area contributed by atoms with Gasteiger partial charge in [-0.15, -0.1) is 0 Å². The molecule has 1 aromatic rings. The van der Waals surface area contributed by atoms with E-state index in [2.05, 4.69) is 0 Å². The van der Waals surface area contributed by atoms with Crippen molar-refractivity contribution in [1.29, 1.82) is 0 Å². The number of hydrogen-bond acceptors (Lipinski definition) is 4. The maximum Gasteiger partial charge on any atom is 0.119 e. The number of rotatable bonds is 10. The first-order valence-corrected chi connectivity index (χ1v) is 8.87. The smallest absolute Gasteiger partial charge is 0.119 e. The zero-order chi connectivity index (χ0) is 16.5. The van der Waals surface area contributed by atoms with Gasteiger partial charge in [-0.2, -0.15) is 0 Å². The lowest BCUT2D eigenvalue weighted by molar-refractivity contribution is 0.115. The number of aliphatic hydroxyl groups excluding tert-OH is 2. The third kappa shape index (κ3) is 6.13. The van der Waals surface area contributed by atoms with Gasteiger partial charge < -0.3 is 20.7 Å². The molecule has 130 valence electrons. The second kappa shape index (κ2) is 9.26. The summed E-state index contributed by atoms with van der Waals surface area (Å²) in [4.78, 5) is 0. The highest BCUT2D eigenvalue weighted by molar-refractivity contribution is 5.27. The van der Waals surface area contributed by atoms with Crippen molar-refractivity contribution in [2.45, 2.75) is 56.9 Å². The lowest BCUT2D eigenvalue weighted by Gasteiger charge is -2.24. The quantitative estimate of drug-likeness (QED) is 0.579. The Hall–Kier alpha value is -1.10. The minimum Gasteiger partial charge on any atom is -0.494 e. The van der Waals surface area contributed by atoms with Crippen LogP contribution in [0.25, 0.3) is 0 Å². The molecule has 1 aromatic carbocycles. The van der Waals surface area contributed by atoms with Crippen molar-refractivity contribution >= 4 is 0 Å². The maximum atomic E-state index is 9.20. The van der Waals surface area contributed by atoms with E-state index in [1.54, 1.807) is 0 Å². The molecule has 0 unspecified atom stereocenters. The Labute approximate surface area is 139 Å². The third-order valence-corrected chi connectivity index (χ3v) is 4.96. The first-order valence-electron chi connectivity index (χ1n) is 8.87. The van der Waals surface area contributed by atoms with Crippen LogP contribution in [0.4, 0.5) is 0 Å². The van der Waals surface area contributed by atoms with Crippen LogP contribution < -0.4 is 10.5 Å². The van der Waals surface area contributed by atoms with E-state index in [0.717, 1.165) is 36.7 Å². The van der Waals surface area contributed by atoms with Crippen LogP contribution in [0.2, 0.25) is 0 Å². The van der Waals surface area contributed by atoms with Crippen LogP contribution in [0.3, 0.4) is 0 Å². The molecule has 23 heavy (non-hydrogen) atoms. The first kappa shape index (κ1) is 18.2. The normalized spacial score (nSPS) is 16.0. The van der Waals surface area contributed by atoms with E-state index >= 15 is 0 Å². The van der Waals surface area contributed by atoms with Gasteiger partial charge in [0, 0.05) is 0 Å². The van der Waals surface area contributed by atoms with Gasteiger partial charge in [-0.1, -0.05) is 37.8 Å². The Morgan fingerprint density at radius 3 is 2.35 bits per heavy atom. The van der Waals surface area contributed by atoms with Crippen molar-refractivity contribution in [2.24, 2.45) is 11.7 Å². The standard InChI is InChI=1S/C19H31NO3/c20-19(14-21,15-22)12-11-17-7-9-18(10-8-17)23-13-3-6-16-4-1-2-5-16/h7-10,16,21-22H,1-6,11-15,20H2. The van der Waals surface area contributed by atoms with Crippen molar-refractivity contribution < 1.29 is 14.9 Å². The molecular formula is C19H31NO3. The molecule has 0 bridgehead atoms. The van der Waals surface area contributed by atoms with Gasteiger partial charge in [-0.3, -0.25) is 0 Å². The summed E-state index contributed by atoms with van der Waals surface area (Å²) >= 11 is 0. The highest BCUT2D eigenvalue weighted by atomic mass is 16.5. The zero-order valence-corrected chi connectivity index (χ0v) is 14.0. The predicted octanol–water partition coefficient (Wildman–Crippen LogP) is 2.65. The molecule has 2 rings (SSSR count). The molecule has 0 aliphatic heterocycles. The van der Waals surface area contributed by atoms with E-state index in [-0.39, 0.29) is 13.2 Å². The van der Waals surface area contributed by atoms with E-state index < -0.39 is 5.54 Å². The molecule has 0 saturated heterocycles. The van der Waals surface area contributed by atoms with Crippen LogP contribution in [-0.2, 0) is 6.42 Å². The molecule has 0 spiro atoms. The number of hydrogen-bond donors (Lipinski definition) is 3. The average molecular weight is 321 g/mol. The summed E-state index contributed by atoms with van der Waals surface area (Å²) in [5, 5.41) is 18.4. The van der Waals surface area contributed by atoms with Gasteiger partial charge in [0.15, 0.2) is 0 Å². The Morgan fingerprint density at radius 1 is 1.09 bits per heavy atom. The topological polar surface area (TPSA) is 75.7 Å². The molecule has 1 aliphatic rings. The lowest BCUT2D eigenvalue weighted by Crippen LogP contribution is -2.47. The van der Waals surface area contributed by atoms with E-state index in [1.807, 2.05) is 24.3 Å². The summed E-state index contributed by atoms with van der Waals surface area (Å²) < 4.78 is 5.80. The molecule has 4 N–H and O–H groups in total. The van der Waals surface area contributed by atoms with Crippen molar-refractivity contribution in [3.05, 3.63) is 29.8 Å². The van der Waals surface area contributed by atoms with E-state index in [4.69, 9.17) is 10.5 Å². The molecule has 0 radical (unpaired) electrons. The van der Waals surface area contributed by atoms with Gasteiger partial charge >= 0.3 is 0 Å². The molecular weight excluding hydrogens is 290 g/mol. The fourth-order valence-electron chi connectivity index (χ4n) is 3.21. The summed E-state index contributed by atoms with van der Waals surface area (Å²) in [5.41, 5.74) is 6.13. The monoisotopic (exact) mass is 321 g/mol. The fourth-order valence-corrected chi connectivity index (χ4v) is 3.21. The summed E-state index contributed by atoms with van der Waals surface area (Å²) in [5.74, 6) is 1.83. The summed E-state index contributed by atoms with van der Waals surface area (Å²) in [6.45, 7) is 0.383. The van der Waals surface area contributed by atoms with Crippen molar-refractivity contribution in [3.8, 4) is 5.75 Å². The summed E-state index contributed by atoms with van der Waals surface area (Å²) in [6, 6.07) is 8.03. The minimum atomic E-state index is -0.893. The number of nitrogens with two attached hydrogens (primary N) is 1. The summed E-state index contributed by atoms with van der Waals surface area (Å²) in [6.07, 6.45) is 9.33. The molecule has 4 nitrogen and oxygen atoms in total. The van der Waals surface area contributed by atoms with E-state index in [1.165, 1.54) is 32.1 Å². The zero-order valence-electron chi connectivity index (χ0n) is 14.0. The predicted molar refractivity (Wildman–Crippen MR) is 92.5 cm³/mol. The Kier molecular flexibility index (Phi) is 7.34. The highest BCUT2D eigenvalue weighted by Gasteiger charge is 2.22. The van der Waals surface area contributed by atoms with Gasteiger partial charge in [0.2, 0.25) is 0 Å². The molecule has 1 saturated carbocycles. The van der Waals surface area contributed by atoms with E-state index in [0.29, 0.717) is 6.42 Å². The largest absolute Gasteiger partial charge is 0.494 e. The molecule has 0 atom stereocenters. The number of ether oxygens (including phenoxy) is 1. The second-order valence-electron chi connectivity index (χ2n) is 6.96. The first-order chi connectivity index (χ1) is 11.1. The maximum absolute atomic E-state index is 9.20. The van der Waals surface area contributed by atoms with Crippen LogP contribution in [0.5, 0.6) is 5.75 Å². The molecule has 1 aliphatic carbocycles. The Bertz CT molecular complexity index is 436. The Morgan fingerprint density at radius 2 is 1.74 bits per heavy atom. The van der Waals surface area contributed by atoms with Gasteiger partial charge in [0.1, 0.15) is 5.75 Å². The molecule has 0 amide bonds. The molecule has 4 heteroatoms. The number of aliphatic hydroxyl groups is 2. The van der Waals surface area contributed by atoms with Gasteiger partial charge in [-0.05, 0) is 49.3 Å². The van der Waals surface area contributed by atoms with Crippen LogP contribution in [-0.4, -0.2) is 35.6 Å². The second-order valence-corrected chi connectivity index (χ2v) is 6.96. The summed E-state index contributed by atoms with van der Waals surface area (Å²) in [7, 11) is 0. The van der Waals surface area contributed by atoms with E-state index in [9.17, 15) is 10.2 Å². The average Bonchev–Trinajstić information content (AvgIpc) is 3.11. The van der Waals surface area contributed by atoms with Gasteiger partial charge in [-0.25, -0.2) is 0 Å². The fraction of sp³-hybridized carbons (Fsp3) is 0.684. The number of benzene rings is 1. The van der Waals surface area contributed by atoms with Crippen LogP contribution >= 0.6 is 0 Å². The third-order valence-electron chi connectivity index (χ3n) is 4.96. The molecule has 0 aromatic heterocycles. The highest BCUT2D eigenvalue weighted by Crippen LogP contribution is 2.28. The van der Waals surface area contributed by atoms with Crippen LogP contribution in [0.15, 0.2) is 24.3 Å². The number of aryl methyl sites for hydroxylation is 1. The lowest BCUT2D eigenvalue weighted by atomic mass is 9.94. The van der Waals surface area contributed by atoms with Crippen LogP contribution in [0, 0.1) is 5.92 Å². The Balaban J connectivity index is 1.67. The van der Waals surface area contributed by atoms with Gasteiger partial charge in [0.05, 0.1) is 25.4 Å². The SMILES string of the molecule is NC(CO)(CO)CCc1ccc(OCCCC2CCCC2)cc1. The van der Waals surface area contributed by atoms with Crippen molar-refractivity contribution in [3.63, 3.8) is 0 Å². The van der Waals surface area contributed by atoms with Crippen molar-refractivity contribution in [2.75, 3.05) is 19.8 Å². The van der Waals surface area contributed by atoms with Crippen LogP contribution in [0.1, 0.15) is 50.5 Å². The van der Waals surface area contributed by atoms with Crippen molar-refractivity contribution in [1.82, 2.24) is 0 Å².